The van der Waals surface area contributed by atoms with Crippen LogP contribution >= 0.6 is 11.6 Å². The number of nitrogens with zero attached hydrogens (tertiary/aromatic N) is 1. The van der Waals surface area contributed by atoms with E-state index in [9.17, 15) is 8.42 Å². The van der Waals surface area contributed by atoms with Crippen LogP contribution in [-0.4, -0.2) is 31.2 Å². The Morgan fingerprint density at radius 2 is 1.77 bits per heavy atom. The standard InChI is InChI=1S/C21H22ClNO2S/c1-15-9-11-17(12-10-15)26(24,25)23-13-5-8-18-19(14-22)20(21(18)23)16-6-3-2-4-7-16/h2-4,6-12,19-21H,5,13-14H2,1H3/t19-,20+,21+/m0/s1. The second-order valence-corrected chi connectivity index (χ2v) is 9.26. The van der Waals surface area contributed by atoms with Crippen molar-refractivity contribution >= 4 is 21.6 Å². The van der Waals surface area contributed by atoms with Gasteiger partial charge < -0.3 is 0 Å². The molecule has 3 nitrogen and oxygen atoms in total. The number of halogens is 1. The molecule has 2 aromatic rings. The quantitative estimate of drug-likeness (QED) is 0.578. The maximum Gasteiger partial charge on any atom is 0.243 e. The molecule has 0 radical (unpaired) electrons. The van der Waals surface area contributed by atoms with Crippen molar-refractivity contribution in [1.82, 2.24) is 4.31 Å². The minimum Gasteiger partial charge on any atom is -0.207 e. The Morgan fingerprint density at radius 1 is 1.08 bits per heavy atom. The van der Waals surface area contributed by atoms with Crippen LogP contribution in [0.3, 0.4) is 0 Å². The summed E-state index contributed by atoms with van der Waals surface area (Å²) in [5.41, 5.74) is 3.39. The van der Waals surface area contributed by atoms with E-state index in [-0.39, 0.29) is 17.9 Å². The fourth-order valence-electron chi connectivity index (χ4n) is 4.24. The zero-order valence-corrected chi connectivity index (χ0v) is 16.2. The summed E-state index contributed by atoms with van der Waals surface area (Å²) in [5.74, 6) is 0.834. The van der Waals surface area contributed by atoms with E-state index in [1.165, 1.54) is 5.57 Å². The van der Waals surface area contributed by atoms with Crippen molar-refractivity contribution in [2.75, 3.05) is 12.4 Å². The lowest BCUT2D eigenvalue weighted by atomic mass is 9.61. The minimum atomic E-state index is -3.53. The predicted octanol–water partition coefficient (Wildman–Crippen LogP) is 4.34. The SMILES string of the molecule is Cc1ccc(S(=O)(=O)N2CCC=C3[C@@H]2[C@H](c2ccccc2)[C@H]3CCl)cc1. The van der Waals surface area contributed by atoms with Crippen LogP contribution in [0.15, 0.2) is 71.1 Å². The average Bonchev–Trinajstić information content (AvgIpc) is 2.64. The highest BCUT2D eigenvalue weighted by atomic mass is 35.5. The molecule has 1 aliphatic carbocycles. The number of hydrogen-bond donors (Lipinski definition) is 0. The van der Waals surface area contributed by atoms with Gasteiger partial charge in [-0.15, -0.1) is 11.6 Å². The van der Waals surface area contributed by atoms with E-state index in [0.717, 1.165) is 17.5 Å². The van der Waals surface area contributed by atoms with Gasteiger partial charge in [-0.25, -0.2) is 8.42 Å². The lowest BCUT2D eigenvalue weighted by Gasteiger charge is -2.53. The summed E-state index contributed by atoms with van der Waals surface area (Å²) >= 11 is 6.26. The largest absolute Gasteiger partial charge is 0.243 e. The molecule has 4 rings (SSSR count). The van der Waals surface area contributed by atoms with Crippen LogP contribution in [0.1, 0.15) is 23.5 Å². The maximum atomic E-state index is 13.3. The van der Waals surface area contributed by atoms with Gasteiger partial charge in [0.05, 0.1) is 10.9 Å². The summed E-state index contributed by atoms with van der Waals surface area (Å²) < 4.78 is 28.3. The topological polar surface area (TPSA) is 37.4 Å². The Kier molecular flexibility index (Phi) is 4.68. The first-order chi connectivity index (χ1) is 12.5. The highest BCUT2D eigenvalue weighted by molar-refractivity contribution is 7.89. The second kappa shape index (κ2) is 6.84. The number of fused-ring (bicyclic) bond motifs is 1. The molecule has 1 fully saturated rings. The van der Waals surface area contributed by atoms with Gasteiger partial charge in [0.25, 0.3) is 0 Å². The van der Waals surface area contributed by atoms with Gasteiger partial charge >= 0.3 is 0 Å². The lowest BCUT2D eigenvalue weighted by molar-refractivity contribution is 0.190. The Balaban J connectivity index is 1.74. The van der Waals surface area contributed by atoms with E-state index in [2.05, 4.69) is 18.2 Å². The van der Waals surface area contributed by atoms with Crippen molar-refractivity contribution < 1.29 is 8.42 Å². The van der Waals surface area contributed by atoms with Crippen LogP contribution in [-0.2, 0) is 10.0 Å². The van der Waals surface area contributed by atoms with Gasteiger partial charge in [0.2, 0.25) is 10.0 Å². The van der Waals surface area contributed by atoms with Crippen molar-refractivity contribution in [3.05, 3.63) is 77.4 Å². The number of rotatable bonds is 4. The van der Waals surface area contributed by atoms with Gasteiger partial charge in [-0.3, -0.25) is 0 Å². The normalized spacial score (nSPS) is 25.9. The summed E-state index contributed by atoms with van der Waals surface area (Å²) in [6.07, 6.45) is 2.93. The first-order valence-electron chi connectivity index (χ1n) is 8.93. The predicted molar refractivity (Wildman–Crippen MR) is 105 cm³/mol. The molecule has 0 N–H and O–H groups in total. The molecule has 1 aliphatic heterocycles. The number of benzene rings is 2. The van der Waals surface area contributed by atoms with Crippen molar-refractivity contribution in [3.63, 3.8) is 0 Å². The number of alkyl halides is 1. The van der Waals surface area contributed by atoms with Crippen molar-refractivity contribution in [2.45, 2.75) is 30.2 Å². The third kappa shape index (κ3) is 2.81. The number of hydrogen-bond acceptors (Lipinski definition) is 2. The molecule has 0 bridgehead atoms. The first-order valence-corrected chi connectivity index (χ1v) is 10.9. The third-order valence-electron chi connectivity index (χ3n) is 5.56. The van der Waals surface area contributed by atoms with Crippen molar-refractivity contribution in [1.29, 1.82) is 0 Å². The molecule has 0 spiro atoms. The molecule has 2 aliphatic rings. The molecule has 0 unspecified atom stereocenters. The molecule has 5 heteroatoms. The zero-order chi connectivity index (χ0) is 18.3. The monoisotopic (exact) mass is 387 g/mol. The summed E-state index contributed by atoms with van der Waals surface area (Å²) in [4.78, 5) is 0.366. The van der Waals surface area contributed by atoms with Crippen LogP contribution in [0.4, 0.5) is 0 Å². The second-order valence-electron chi connectivity index (χ2n) is 7.06. The summed E-state index contributed by atoms with van der Waals surface area (Å²) in [7, 11) is -3.53. The highest BCUT2D eigenvalue weighted by Gasteiger charge is 2.53. The van der Waals surface area contributed by atoms with Crippen LogP contribution in [0, 0.1) is 12.8 Å². The summed E-state index contributed by atoms with van der Waals surface area (Å²) in [6.45, 7) is 2.48. The van der Waals surface area contributed by atoms with Crippen LogP contribution in [0.2, 0.25) is 0 Å². The minimum absolute atomic E-state index is 0.112. The Morgan fingerprint density at radius 3 is 2.42 bits per heavy atom. The van der Waals surface area contributed by atoms with Gasteiger partial charge in [-0.2, -0.15) is 4.31 Å². The molecule has 3 atom stereocenters. The molecule has 2 aromatic carbocycles. The van der Waals surface area contributed by atoms with Crippen molar-refractivity contribution in [3.8, 4) is 0 Å². The van der Waals surface area contributed by atoms with E-state index in [4.69, 9.17) is 11.6 Å². The molecule has 0 aromatic heterocycles. The summed E-state index contributed by atoms with van der Waals surface area (Å²) in [6, 6.07) is 17.1. The van der Waals surface area contributed by atoms with Gasteiger partial charge in [-0.1, -0.05) is 59.7 Å². The Bertz CT molecular complexity index is 922. The van der Waals surface area contributed by atoms with Gasteiger partial charge in [0.1, 0.15) is 0 Å². The molecule has 1 saturated carbocycles. The maximum absolute atomic E-state index is 13.3. The van der Waals surface area contributed by atoms with Crippen LogP contribution in [0.5, 0.6) is 0 Å². The van der Waals surface area contributed by atoms with E-state index >= 15 is 0 Å². The molecule has 136 valence electrons. The van der Waals surface area contributed by atoms with Crippen LogP contribution < -0.4 is 0 Å². The summed E-state index contributed by atoms with van der Waals surface area (Å²) in [5, 5.41) is 0. The molecule has 0 amide bonds. The van der Waals surface area contributed by atoms with Crippen molar-refractivity contribution in [2.24, 2.45) is 5.92 Å². The molecule has 1 heterocycles. The first kappa shape index (κ1) is 17.8. The van der Waals surface area contributed by atoms with Crippen LogP contribution in [0.25, 0.3) is 0 Å². The fraction of sp³-hybridized carbons (Fsp3) is 0.333. The molecule has 26 heavy (non-hydrogen) atoms. The van der Waals surface area contributed by atoms with E-state index < -0.39 is 10.0 Å². The van der Waals surface area contributed by atoms with Gasteiger partial charge in [0.15, 0.2) is 0 Å². The fourth-order valence-corrected chi connectivity index (χ4v) is 6.26. The third-order valence-corrected chi connectivity index (χ3v) is 7.79. The van der Waals surface area contributed by atoms with Gasteiger partial charge in [0, 0.05) is 24.3 Å². The molecule has 0 saturated heterocycles. The Hall–Kier alpha value is -1.62. The molecular formula is C21H22ClNO2S. The number of sulfonamides is 1. The van der Waals surface area contributed by atoms with E-state index in [0.29, 0.717) is 17.3 Å². The highest BCUT2D eigenvalue weighted by Crippen LogP contribution is 2.53. The average molecular weight is 388 g/mol. The smallest absolute Gasteiger partial charge is 0.207 e. The molecular weight excluding hydrogens is 366 g/mol. The number of aryl methyl sites for hydroxylation is 1. The zero-order valence-electron chi connectivity index (χ0n) is 14.7. The Labute approximate surface area is 160 Å². The van der Waals surface area contributed by atoms with E-state index in [1.54, 1.807) is 16.4 Å². The van der Waals surface area contributed by atoms with E-state index in [1.807, 2.05) is 37.3 Å². The van der Waals surface area contributed by atoms with Gasteiger partial charge in [-0.05, 0) is 31.0 Å². The lowest BCUT2D eigenvalue weighted by Crippen LogP contribution is -2.57.